The Balaban J connectivity index is 1.73. The maximum absolute atomic E-state index is 12.7. The van der Waals surface area contributed by atoms with E-state index >= 15 is 0 Å². The van der Waals surface area contributed by atoms with Crippen molar-refractivity contribution in [2.45, 2.75) is 44.0 Å². The van der Waals surface area contributed by atoms with Crippen LogP contribution in [0.5, 0.6) is 0 Å². The number of nitrogen functional groups attached to an aromatic ring is 1. The molecule has 0 radical (unpaired) electrons. The first kappa shape index (κ1) is 23.1. The molecule has 172 valence electrons. The van der Waals surface area contributed by atoms with Gasteiger partial charge >= 0.3 is 0 Å². The van der Waals surface area contributed by atoms with Crippen molar-refractivity contribution >= 4 is 44.2 Å². The number of nitrogens with one attached hydrogen (secondary N) is 1. The summed E-state index contributed by atoms with van der Waals surface area (Å²) in [6.07, 6.45) is 6.74. The fourth-order valence-electron chi connectivity index (χ4n) is 3.87. The van der Waals surface area contributed by atoms with Crippen LogP contribution >= 0.6 is 11.6 Å². The Morgan fingerprint density at radius 3 is 2.61 bits per heavy atom. The Morgan fingerprint density at radius 1 is 1.15 bits per heavy atom. The minimum Gasteiger partial charge on any atom is -0.383 e. The summed E-state index contributed by atoms with van der Waals surface area (Å²) in [5.41, 5.74) is 8.96. The Hall–Kier alpha value is -3.10. The topological polar surface area (TPSA) is 103 Å². The highest BCUT2D eigenvalue weighted by molar-refractivity contribution is 7.92. The number of benzene rings is 2. The first-order valence-electron chi connectivity index (χ1n) is 10.8. The summed E-state index contributed by atoms with van der Waals surface area (Å²) in [4.78, 5) is 8.83. The molecule has 0 aliphatic rings. The summed E-state index contributed by atoms with van der Waals surface area (Å²) in [5.74, 6) is 0.390. The van der Waals surface area contributed by atoms with E-state index in [1.54, 1.807) is 30.3 Å². The molecule has 1 unspecified atom stereocenters. The van der Waals surface area contributed by atoms with Crippen molar-refractivity contribution in [3.8, 4) is 11.1 Å². The van der Waals surface area contributed by atoms with Gasteiger partial charge in [-0.2, -0.15) is 0 Å². The smallest absolute Gasteiger partial charge is 0.261 e. The van der Waals surface area contributed by atoms with Gasteiger partial charge in [0.05, 0.1) is 21.0 Å². The third kappa shape index (κ3) is 4.67. The SMILES string of the molecule is CCCCC(C)n1cc(-c2ccc(NS(=O)(=O)c3ccccc3)c(Cl)c2)c2c(N)ncnc21. The van der Waals surface area contributed by atoms with E-state index in [1.807, 2.05) is 12.3 Å². The zero-order valence-corrected chi connectivity index (χ0v) is 20.1. The molecule has 4 aromatic rings. The van der Waals surface area contributed by atoms with Crippen LogP contribution < -0.4 is 10.5 Å². The number of anilines is 2. The fourth-order valence-corrected chi connectivity index (χ4v) is 5.26. The maximum Gasteiger partial charge on any atom is 0.261 e. The molecule has 0 fully saturated rings. The van der Waals surface area contributed by atoms with E-state index in [2.05, 4.69) is 33.1 Å². The lowest BCUT2D eigenvalue weighted by molar-refractivity contribution is 0.496. The van der Waals surface area contributed by atoms with Gasteiger partial charge in [0, 0.05) is 17.8 Å². The summed E-state index contributed by atoms with van der Waals surface area (Å²) in [6.45, 7) is 4.33. The van der Waals surface area contributed by atoms with Crippen LogP contribution in [0.4, 0.5) is 11.5 Å². The predicted molar refractivity (Wildman–Crippen MR) is 134 cm³/mol. The highest BCUT2D eigenvalue weighted by atomic mass is 35.5. The van der Waals surface area contributed by atoms with Crippen molar-refractivity contribution in [1.29, 1.82) is 0 Å². The summed E-state index contributed by atoms with van der Waals surface area (Å²) in [6, 6.07) is 13.6. The molecule has 4 rings (SSSR count). The average Bonchev–Trinajstić information content (AvgIpc) is 3.20. The Bertz CT molecular complexity index is 1390. The summed E-state index contributed by atoms with van der Waals surface area (Å²) >= 11 is 6.51. The van der Waals surface area contributed by atoms with E-state index in [0.29, 0.717) is 11.5 Å². The van der Waals surface area contributed by atoms with Crippen LogP contribution in [0.15, 0.2) is 66.0 Å². The number of nitrogens with zero attached hydrogens (tertiary/aromatic N) is 3. The largest absolute Gasteiger partial charge is 0.383 e. The molecule has 0 amide bonds. The molecule has 3 N–H and O–H groups in total. The maximum atomic E-state index is 12.7. The van der Waals surface area contributed by atoms with E-state index in [0.717, 1.165) is 41.4 Å². The van der Waals surface area contributed by atoms with Gasteiger partial charge in [-0.15, -0.1) is 0 Å². The molecule has 2 heterocycles. The van der Waals surface area contributed by atoms with Crippen LogP contribution in [0.25, 0.3) is 22.2 Å². The van der Waals surface area contributed by atoms with Crippen LogP contribution in [0.1, 0.15) is 39.2 Å². The van der Waals surface area contributed by atoms with Crippen LogP contribution in [0.3, 0.4) is 0 Å². The number of hydrogen-bond acceptors (Lipinski definition) is 5. The van der Waals surface area contributed by atoms with E-state index in [4.69, 9.17) is 17.3 Å². The van der Waals surface area contributed by atoms with Crippen LogP contribution in [-0.4, -0.2) is 23.0 Å². The highest BCUT2D eigenvalue weighted by Crippen LogP contribution is 2.37. The van der Waals surface area contributed by atoms with Gasteiger partial charge in [0.15, 0.2) is 0 Å². The van der Waals surface area contributed by atoms with Crippen molar-refractivity contribution in [2.75, 3.05) is 10.5 Å². The molecule has 0 bridgehead atoms. The molecule has 7 nitrogen and oxygen atoms in total. The summed E-state index contributed by atoms with van der Waals surface area (Å²) in [5, 5.41) is 1.04. The first-order valence-corrected chi connectivity index (χ1v) is 12.7. The number of nitrogens with two attached hydrogens (primary N) is 1. The second-order valence-electron chi connectivity index (χ2n) is 8.01. The van der Waals surface area contributed by atoms with E-state index in [9.17, 15) is 8.42 Å². The third-order valence-corrected chi connectivity index (χ3v) is 7.36. The van der Waals surface area contributed by atoms with Crippen LogP contribution in [0, 0.1) is 0 Å². The molecule has 2 aromatic heterocycles. The minimum absolute atomic E-state index is 0.166. The lowest BCUT2D eigenvalue weighted by atomic mass is 10.1. The molecule has 1 atom stereocenters. The van der Waals surface area contributed by atoms with Crippen molar-refractivity contribution in [1.82, 2.24) is 14.5 Å². The molecule has 2 aromatic carbocycles. The average molecular weight is 484 g/mol. The molecular formula is C24H26ClN5O2S. The normalized spacial score (nSPS) is 12.7. The van der Waals surface area contributed by atoms with E-state index in [-0.39, 0.29) is 16.0 Å². The second-order valence-corrected chi connectivity index (χ2v) is 10.1. The van der Waals surface area contributed by atoms with Crippen molar-refractivity contribution < 1.29 is 8.42 Å². The molecule has 33 heavy (non-hydrogen) atoms. The van der Waals surface area contributed by atoms with E-state index < -0.39 is 10.0 Å². The van der Waals surface area contributed by atoms with Gasteiger partial charge in [-0.05, 0) is 43.2 Å². The number of sulfonamides is 1. The third-order valence-electron chi connectivity index (χ3n) is 5.67. The van der Waals surface area contributed by atoms with Crippen molar-refractivity contribution in [2.24, 2.45) is 0 Å². The van der Waals surface area contributed by atoms with Crippen LogP contribution in [-0.2, 0) is 10.0 Å². The lowest BCUT2D eigenvalue weighted by Gasteiger charge is -2.14. The molecule has 0 aliphatic carbocycles. The fraction of sp³-hybridized carbons (Fsp3) is 0.250. The van der Waals surface area contributed by atoms with Gasteiger partial charge in [-0.1, -0.05) is 55.6 Å². The Morgan fingerprint density at radius 2 is 1.91 bits per heavy atom. The lowest BCUT2D eigenvalue weighted by Crippen LogP contribution is -2.13. The van der Waals surface area contributed by atoms with Gasteiger partial charge < -0.3 is 10.3 Å². The molecule has 0 spiro atoms. The summed E-state index contributed by atoms with van der Waals surface area (Å²) in [7, 11) is -3.75. The van der Waals surface area contributed by atoms with Gasteiger partial charge in [0.1, 0.15) is 17.8 Å². The number of halogens is 1. The number of rotatable bonds is 8. The number of hydrogen-bond donors (Lipinski definition) is 2. The minimum atomic E-state index is -3.75. The highest BCUT2D eigenvalue weighted by Gasteiger charge is 2.20. The zero-order valence-electron chi connectivity index (χ0n) is 18.5. The molecule has 0 aliphatic heterocycles. The van der Waals surface area contributed by atoms with Gasteiger partial charge in [0.25, 0.3) is 10.0 Å². The van der Waals surface area contributed by atoms with Crippen LogP contribution in [0.2, 0.25) is 5.02 Å². The standard InChI is InChI=1S/C24H26ClN5O2S/c1-3-4-8-16(2)30-14-19(22-23(26)27-15-28-24(22)30)17-11-12-21(20(25)13-17)29-33(31,32)18-9-6-5-7-10-18/h5-7,9-16,29H,3-4,8H2,1-2H3,(H2,26,27,28). The van der Waals surface area contributed by atoms with Gasteiger partial charge in [0.2, 0.25) is 0 Å². The Labute approximate surface area is 198 Å². The Kier molecular flexibility index (Phi) is 6.58. The van der Waals surface area contributed by atoms with Crippen molar-refractivity contribution in [3.05, 3.63) is 66.1 Å². The monoisotopic (exact) mass is 483 g/mol. The molecule has 0 saturated carbocycles. The second kappa shape index (κ2) is 9.41. The first-order chi connectivity index (χ1) is 15.8. The number of fused-ring (bicyclic) bond motifs is 1. The molecule has 9 heteroatoms. The van der Waals surface area contributed by atoms with Crippen molar-refractivity contribution in [3.63, 3.8) is 0 Å². The molecular weight excluding hydrogens is 458 g/mol. The van der Waals surface area contributed by atoms with E-state index in [1.165, 1.54) is 18.5 Å². The summed E-state index contributed by atoms with van der Waals surface area (Å²) < 4.78 is 30.1. The van der Waals surface area contributed by atoms with Gasteiger partial charge in [-0.3, -0.25) is 4.72 Å². The molecule has 0 saturated heterocycles. The predicted octanol–water partition coefficient (Wildman–Crippen LogP) is 5.89. The quantitative estimate of drug-likeness (QED) is 0.325. The van der Waals surface area contributed by atoms with Gasteiger partial charge in [-0.25, -0.2) is 18.4 Å². The zero-order chi connectivity index (χ0) is 23.6. The number of unbranched alkanes of at least 4 members (excludes halogenated alkanes) is 1. The number of aromatic nitrogens is 3.